The molecule has 5 rings (SSSR count). The van der Waals surface area contributed by atoms with Crippen molar-refractivity contribution in [3.63, 3.8) is 0 Å². The number of aromatic nitrogens is 2. The molecule has 0 aliphatic carbocycles. The SMILES string of the molecule is COc1ccc2nc(NC(=O)C(C)Sc3nc(-c4ccccc4)cc(-c4ccc(C)cc4)c3C#N)sc2c1. The summed E-state index contributed by atoms with van der Waals surface area (Å²) < 4.78 is 6.21. The van der Waals surface area contributed by atoms with Crippen molar-refractivity contribution in [1.82, 2.24) is 9.97 Å². The summed E-state index contributed by atoms with van der Waals surface area (Å²) in [7, 11) is 1.62. The Hall–Kier alpha value is -4.19. The topological polar surface area (TPSA) is 87.9 Å². The van der Waals surface area contributed by atoms with Crippen LogP contribution in [0.4, 0.5) is 5.13 Å². The molecular formula is C30H24N4O2S2. The van der Waals surface area contributed by atoms with Crippen LogP contribution in [0.3, 0.4) is 0 Å². The molecule has 0 aliphatic rings. The smallest absolute Gasteiger partial charge is 0.239 e. The highest BCUT2D eigenvalue weighted by molar-refractivity contribution is 8.00. The lowest BCUT2D eigenvalue weighted by Crippen LogP contribution is -2.22. The molecule has 1 amide bonds. The first-order valence-corrected chi connectivity index (χ1v) is 13.6. The molecule has 6 nitrogen and oxygen atoms in total. The largest absolute Gasteiger partial charge is 0.497 e. The number of nitrogens with zero attached hydrogens (tertiary/aromatic N) is 3. The number of carbonyl (C=O) groups is 1. The van der Waals surface area contributed by atoms with Crippen molar-refractivity contribution >= 4 is 44.4 Å². The summed E-state index contributed by atoms with van der Waals surface area (Å²) in [6, 6.07) is 27.8. The number of thioether (sulfide) groups is 1. The van der Waals surface area contributed by atoms with Crippen molar-refractivity contribution in [3.05, 3.63) is 90.0 Å². The molecule has 38 heavy (non-hydrogen) atoms. The van der Waals surface area contributed by atoms with Crippen LogP contribution < -0.4 is 10.1 Å². The minimum Gasteiger partial charge on any atom is -0.497 e. The zero-order valence-corrected chi connectivity index (χ0v) is 22.7. The van der Waals surface area contributed by atoms with Crippen molar-refractivity contribution in [3.8, 4) is 34.2 Å². The number of fused-ring (bicyclic) bond motifs is 1. The number of hydrogen-bond donors (Lipinski definition) is 1. The average molecular weight is 537 g/mol. The number of methoxy groups -OCH3 is 1. The van der Waals surface area contributed by atoms with Crippen LogP contribution in [0.2, 0.25) is 0 Å². The molecule has 2 heterocycles. The third-order valence-corrected chi connectivity index (χ3v) is 8.03. The zero-order chi connectivity index (χ0) is 26.6. The lowest BCUT2D eigenvalue weighted by molar-refractivity contribution is -0.115. The van der Waals surface area contributed by atoms with E-state index in [1.54, 1.807) is 14.0 Å². The van der Waals surface area contributed by atoms with Gasteiger partial charge in [0, 0.05) is 11.1 Å². The number of benzene rings is 3. The van der Waals surface area contributed by atoms with E-state index in [2.05, 4.69) is 16.4 Å². The Morgan fingerprint density at radius 3 is 2.50 bits per heavy atom. The third kappa shape index (κ3) is 5.40. The van der Waals surface area contributed by atoms with E-state index in [0.717, 1.165) is 43.9 Å². The molecule has 1 N–H and O–H groups in total. The van der Waals surface area contributed by atoms with Gasteiger partial charge in [0.25, 0.3) is 0 Å². The summed E-state index contributed by atoms with van der Waals surface area (Å²) in [5, 5.41) is 13.6. The van der Waals surface area contributed by atoms with Crippen LogP contribution in [0.5, 0.6) is 5.75 Å². The van der Waals surface area contributed by atoms with Gasteiger partial charge < -0.3 is 10.1 Å². The zero-order valence-electron chi connectivity index (χ0n) is 21.1. The second-order valence-corrected chi connectivity index (χ2v) is 11.0. The highest BCUT2D eigenvalue weighted by atomic mass is 32.2. The number of ether oxygens (including phenoxy) is 1. The molecule has 0 radical (unpaired) electrons. The number of rotatable bonds is 7. The van der Waals surface area contributed by atoms with Crippen molar-refractivity contribution in [1.29, 1.82) is 5.26 Å². The van der Waals surface area contributed by atoms with Gasteiger partial charge in [-0.2, -0.15) is 5.26 Å². The molecule has 1 unspecified atom stereocenters. The number of nitrogens with one attached hydrogen (secondary N) is 1. The highest BCUT2D eigenvalue weighted by Crippen LogP contribution is 2.36. The second-order valence-electron chi connectivity index (χ2n) is 8.68. The molecule has 0 saturated heterocycles. The molecule has 0 aliphatic heterocycles. The van der Waals surface area contributed by atoms with E-state index in [0.29, 0.717) is 15.7 Å². The Balaban J connectivity index is 1.47. The minimum absolute atomic E-state index is 0.214. The van der Waals surface area contributed by atoms with Gasteiger partial charge in [-0.25, -0.2) is 9.97 Å². The molecule has 0 fully saturated rings. The summed E-state index contributed by atoms with van der Waals surface area (Å²) in [4.78, 5) is 22.5. The highest BCUT2D eigenvalue weighted by Gasteiger charge is 2.22. The Labute approximate surface area is 229 Å². The summed E-state index contributed by atoms with van der Waals surface area (Å²) in [5.41, 5.74) is 5.78. The maximum atomic E-state index is 13.2. The number of nitriles is 1. The van der Waals surface area contributed by atoms with Gasteiger partial charge >= 0.3 is 0 Å². The van der Waals surface area contributed by atoms with Gasteiger partial charge in [-0.15, -0.1) is 0 Å². The molecule has 188 valence electrons. The van der Waals surface area contributed by atoms with Crippen LogP contribution in [0.25, 0.3) is 32.6 Å². The number of pyridine rings is 1. The normalized spacial score (nSPS) is 11.6. The van der Waals surface area contributed by atoms with Crippen LogP contribution in [-0.2, 0) is 4.79 Å². The van der Waals surface area contributed by atoms with Crippen molar-refractivity contribution in [2.24, 2.45) is 0 Å². The van der Waals surface area contributed by atoms with Gasteiger partial charge in [0.05, 0.1) is 33.8 Å². The quantitative estimate of drug-likeness (QED) is 0.219. The fourth-order valence-electron chi connectivity index (χ4n) is 3.95. The van der Waals surface area contributed by atoms with Crippen molar-refractivity contribution in [2.45, 2.75) is 24.1 Å². The Morgan fingerprint density at radius 1 is 1.03 bits per heavy atom. The van der Waals surface area contributed by atoms with Crippen molar-refractivity contribution < 1.29 is 9.53 Å². The Bertz CT molecular complexity index is 1660. The molecule has 5 aromatic rings. The van der Waals surface area contributed by atoms with Crippen LogP contribution in [0, 0.1) is 18.3 Å². The van der Waals surface area contributed by atoms with E-state index < -0.39 is 5.25 Å². The number of hydrogen-bond acceptors (Lipinski definition) is 7. The number of aryl methyl sites for hydroxylation is 1. The average Bonchev–Trinajstić information content (AvgIpc) is 3.34. The van der Waals surface area contributed by atoms with E-state index in [1.807, 2.05) is 85.8 Å². The van der Waals surface area contributed by atoms with Crippen LogP contribution in [0.1, 0.15) is 18.1 Å². The molecule has 3 aromatic carbocycles. The molecule has 2 aromatic heterocycles. The standard InChI is InChI=1S/C30H24N4O2S2/c1-18-9-11-20(12-10-18)23-16-26(21-7-5-4-6-8-21)32-29(24(23)17-31)37-19(2)28(35)34-30-33-25-14-13-22(36-3)15-27(25)38-30/h4-16,19H,1-3H3,(H,33,34,35). The molecule has 0 bridgehead atoms. The molecule has 8 heteroatoms. The van der Waals surface area contributed by atoms with Gasteiger partial charge in [0.15, 0.2) is 5.13 Å². The van der Waals surface area contributed by atoms with E-state index in [4.69, 9.17) is 9.72 Å². The van der Waals surface area contributed by atoms with E-state index >= 15 is 0 Å². The van der Waals surface area contributed by atoms with E-state index in [1.165, 1.54) is 23.1 Å². The van der Waals surface area contributed by atoms with Crippen LogP contribution >= 0.6 is 23.1 Å². The third-order valence-electron chi connectivity index (χ3n) is 6.01. The van der Waals surface area contributed by atoms with Crippen LogP contribution in [-0.4, -0.2) is 28.2 Å². The minimum atomic E-state index is -0.520. The number of thiazole rings is 1. The van der Waals surface area contributed by atoms with Gasteiger partial charge in [-0.05, 0) is 43.7 Å². The predicted octanol–water partition coefficient (Wildman–Crippen LogP) is 7.33. The van der Waals surface area contributed by atoms with Gasteiger partial charge in [-0.3, -0.25) is 4.79 Å². The maximum absolute atomic E-state index is 13.2. The first-order chi connectivity index (χ1) is 18.4. The number of amides is 1. The first-order valence-electron chi connectivity index (χ1n) is 11.9. The van der Waals surface area contributed by atoms with Gasteiger partial charge in [0.1, 0.15) is 16.8 Å². The Kier molecular flexibility index (Phi) is 7.40. The summed E-state index contributed by atoms with van der Waals surface area (Å²) in [5.74, 6) is 0.523. The number of anilines is 1. The Morgan fingerprint density at radius 2 is 1.79 bits per heavy atom. The lowest BCUT2D eigenvalue weighted by atomic mass is 9.98. The van der Waals surface area contributed by atoms with E-state index in [9.17, 15) is 10.1 Å². The van der Waals surface area contributed by atoms with Gasteiger partial charge in [-0.1, -0.05) is 83.3 Å². The maximum Gasteiger partial charge on any atom is 0.239 e. The first kappa shape index (κ1) is 25.5. The lowest BCUT2D eigenvalue weighted by Gasteiger charge is -2.15. The monoisotopic (exact) mass is 536 g/mol. The number of carbonyl (C=O) groups excluding carboxylic acids is 1. The summed E-state index contributed by atoms with van der Waals surface area (Å²) in [6.45, 7) is 3.83. The molecular weight excluding hydrogens is 512 g/mol. The summed E-state index contributed by atoms with van der Waals surface area (Å²) >= 11 is 2.65. The summed E-state index contributed by atoms with van der Waals surface area (Å²) in [6.07, 6.45) is 0. The predicted molar refractivity (Wildman–Crippen MR) is 155 cm³/mol. The molecule has 0 spiro atoms. The van der Waals surface area contributed by atoms with E-state index in [-0.39, 0.29) is 5.91 Å². The van der Waals surface area contributed by atoms with Gasteiger partial charge in [0.2, 0.25) is 5.91 Å². The fourth-order valence-corrected chi connectivity index (χ4v) is 5.77. The molecule has 0 saturated carbocycles. The van der Waals surface area contributed by atoms with Crippen molar-refractivity contribution in [2.75, 3.05) is 12.4 Å². The molecule has 1 atom stereocenters. The van der Waals surface area contributed by atoms with Crippen LogP contribution in [0.15, 0.2) is 83.9 Å². The fraction of sp³-hybridized carbons (Fsp3) is 0.133. The second kappa shape index (κ2) is 11.1.